The first-order valence-corrected chi connectivity index (χ1v) is 5.00. The quantitative estimate of drug-likeness (QED) is 0.785. The van der Waals surface area contributed by atoms with Gasteiger partial charge in [-0.25, -0.2) is 9.48 Å². The molecule has 0 radical (unpaired) electrons. The second-order valence-electron chi connectivity index (χ2n) is 4.07. The Kier molecular flexibility index (Phi) is 2.62. The fraction of sp³-hybridized carbons (Fsp3) is 0.444. The first kappa shape index (κ1) is 11.2. The molecule has 8 nitrogen and oxygen atoms in total. The molecule has 0 aliphatic rings. The fourth-order valence-electron chi connectivity index (χ4n) is 1.37. The topological polar surface area (TPSA) is 98.7 Å². The highest BCUT2D eigenvalue weighted by atomic mass is 16.4. The third-order valence-corrected chi connectivity index (χ3v) is 2.45. The molecule has 0 spiro atoms. The second kappa shape index (κ2) is 3.96. The molecule has 1 N–H and O–H groups in total. The maximum absolute atomic E-state index is 11.1. The Hall–Kier alpha value is -2.25. The van der Waals surface area contributed by atoms with E-state index in [-0.39, 0.29) is 0 Å². The molecule has 2 aromatic rings. The Bertz CT molecular complexity index is 515. The molecule has 0 bridgehead atoms. The van der Waals surface area contributed by atoms with Crippen molar-refractivity contribution >= 4 is 5.97 Å². The molecule has 0 fully saturated rings. The fourth-order valence-corrected chi connectivity index (χ4v) is 1.37. The highest BCUT2D eigenvalue weighted by molar-refractivity contribution is 5.75. The van der Waals surface area contributed by atoms with E-state index in [2.05, 4.69) is 20.6 Å². The molecule has 17 heavy (non-hydrogen) atoms. The standard InChI is InChI=1S/C9H12N6O2/c1-9(2,8(16)17)15-7(11-12-13-15)6-14-5-3-4-10-14/h3-5H,6H2,1-2H3,(H,16,17). The lowest BCUT2D eigenvalue weighted by Gasteiger charge is -2.20. The minimum Gasteiger partial charge on any atom is -0.479 e. The van der Waals surface area contributed by atoms with Crippen molar-refractivity contribution in [3.63, 3.8) is 0 Å². The predicted molar refractivity (Wildman–Crippen MR) is 56.1 cm³/mol. The summed E-state index contributed by atoms with van der Waals surface area (Å²) in [6.45, 7) is 3.41. The van der Waals surface area contributed by atoms with Crippen molar-refractivity contribution in [1.29, 1.82) is 0 Å². The monoisotopic (exact) mass is 236 g/mol. The molecule has 8 heteroatoms. The van der Waals surface area contributed by atoms with Gasteiger partial charge < -0.3 is 5.11 Å². The summed E-state index contributed by atoms with van der Waals surface area (Å²) in [5, 5.41) is 24.2. The first-order chi connectivity index (χ1) is 8.01. The van der Waals surface area contributed by atoms with Crippen molar-refractivity contribution in [1.82, 2.24) is 30.0 Å². The molecular formula is C9H12N6O2. The average Bonchev–Trinajstić information content (AvgIpc) is 2.89. The Balaban J connectivity index is 2.32. The van der Waals surface area contributed by atoms with Gasteiger partial charge in [0.2, 0.25) is 0 Å². The Labute approximate surface area is 96.9 Å². The zero-order valence-electron chi connectivity index (χ0n) is 9.48. The van der Waals surface area contributed by atoms with Crippen molar-refractivity contribution in [3.8, 4) is 0 Å². The zero-order chi connectivity index (χ0) is 12.5. The van der Waals surface area contributed by atoms with Gasteiger partial charge >= 0.3 is 5.97 Å². The van der Waals surface area contributed by atoms with Crippen molar-refractivity contribution in [2.45, 2.75) is 25.9 Å². The van der Waals surface area contributed by atoms with Crippen LogP contribution >= 0.6 is 0 Å². The maximum Gasteiger partial charge on any atom is 0.331 e. The Morgan fingerprint density at radius 2 is 2.29 bits per heavy atom. The highest BCUT2D eigenvalue weighted by Crippen LogP contribution is 2.15. The van der Waals surface area contributed by atoms with Gasteiger partial charge in [0.1, 0.15) is 6.54 Å². The number of carbonyl (C=O) groups is 1. The number of rotatable bonds is 4. The summed E-state index contributed by atoms with van der Waals surface area (Å²) in [5.74, 6) is -0.549. The molecule has 2 rings (SSSR count). The van der Waals surface area contributed by atoms with Crippen LogP contribution in [0.25, 0.3) is 0 Å². The Morgan fingerprint density at radius 3 is 2.88 bits per heavy atom. The molecule has 0 amide bonds. The van der Waals surface area contributed by atoms with Crippen LogP contribution in [0, 0.1) is 0 Å². The molecular weight excluding hydrogens is 224 g/mol. The minimum atomic E-state index is -1.19. The van der Waals surface area contributed by atoms with E-state index < -0.39 is 11.5 Å². The van der Waals surface area contributed by atoms with E-state index in [9.17, 15) is 4.79 Å². The van der Waals surface area contributed by atoms with Gasteiger partial charge in [-0.1, -0.05) is 0 Å². The van der Waals surface area contributed by atoms with Crippen LogP contribution in [0.1, 0.15) is 19.7 Å². The summed E-state index contributed by atoms with van der Waals surface area (Å²) in [6, 6.07) is 1.77. The normalized spacial score (nSPS) is 11.6. The van der Waals surface area contributed by atoms with E-state index in [0.29, 0.717) is 12.4 Å². The van der Waals surface area contributed by atoms with E-state index in [4.69, 9.17) is 5.11 Å². The third kappa shape index (κ3) is 2.01. The van der Waals surface area contributed by atoms with Crippen molar-refractivity contribution in [2.24, 2.45) is 0 Å². The van der Waals surface area contributed by atoms with E-state index in [1.54, 1.807) is 23.1 Å². The number of carboxylic acid groups (broad SMARTS) is 1. The summed E-state index contributed by atoms with van der Waals surface area (Å²) >= 11 is 0. The molecule has 0 aromatic carbocycles. The number of tetrazole rings is 1. The van der Waals surface area contributed by atoms with Gasteiger partial charge in [-0.05, 0) is 30.3 Å². The molecule has 0 saturated carbocycles. The Morgan fingerprint density at radius 1 is 1.53 bits per heavy atom. The van der Waals surface area contributed by atoms with Gasteiger partial charge in [0.25, 0.3) is 0 Å². The first-order valence-electron chi connectivity index (χ1n) is 5.00. The van der Waals surface area contributed by atoms with Gasteiger partial charge in [0.15, 0.2) is 11.4 Å². The van der Waals surface area contributed by atoms with Gasteiger partial charge in [0.05, 0.1) is 0 Å². The smallest absolute Gasteiger partial charge is 0.331 e. The van der Waals surface area contributed by atoms with E-state index >= 15 is 0 Å². The largest absolute Gasteiger partial charge is 0.479 e. The van der Waals surface area contributed by atoms with E-state index in [0.717, 1.165) is 0 Å². The van der Waals surface area contributed by atoms with Gasteiger partial charge in [-0.2, -0.15) is 5.10 Å². The predicted octanol–water partition coefficient (Wildman–Crippen LogP) is -0.262. The summed E-state index contributed by atoms with van der Waals surface area (Å²) in [5.41, 5.74) is -1.19. The maximum atomic E-state index is 11.1. The second-order valence-corrected chi connectivity index (χ2v) is 4.07. The molecule has 2 aromatic heterocycles. The van der Waals surface area contributed by atoms with Crippen molar-refractivity contribution in [2.75, 3.05) is 0 Å². The lowest BCUT2D eigenvalue weighted by molar-refractivity contribution is -0.146. The molecule has 0 unspecified atom stereocenters. The molecule has 0 aliphatic carbocycles. The molecule has 0 aliphatic heterocycles. The van der Waals surface area contributed by atoms with Crippen LogP contribution in [0.5, 0.6) is 0 Å². The van der Waals surface area contributed by atoms with Gasteiger partial charge in [-0.3, -0.25) is 4.68 Å². The summed E-state index contributed by atoms with van der Waals surface area (Å²) < 4.78 is 2.91. The molecule has 2 heterocycles. The summed E-state index contributed by atoms with van der Waals surface area (Å²) in [4.78, 5) is 11.1. The SMILES string of the molecule is CC(C)(C(=O)O)n1nnnc1Cn1cccn1. The highest BCUT2D eigenvalue weighted by Gasteiger charge is 2.33. The lowest BCUT2D eigenvalue weighted by Crippen LogP contribution is -2.38. The van der Waals surface area contributed by atoms with Crippen LogP contribution in [-0.2, 0) is 16.9 Å². The van der Waals surface area contributed by atoms with Gasteiger partial charge in [0, 0.05) is 12.4 Å². The molecule has 90 valence electrons. The lowest BCUT2D eigenvalue weighted by atomic mass is 10.1. The summed E-state index contributed by atoms with van der Waals surface area (Å²) in [7, 11) is 0. The minimum absolute atomic E-state index is 0.330. The van der Waals surface area contributed by atoms with E-state index in [1.807, 2.05) is 0 Å². The van der Waals surface area contributed by atoms with Crippen LogP contribution in [-0.4, -0.2) is 41.1 Å². The third-order valence-electron chi connectivity index (χ3n) is 2.45. The molecule has 0 saturated heterocycles. The van der Waals surface area contributed by atoms with Crippen LogP contribution in [0.3, 0.4) is 0 Å². The van der Waals surface area contributed by atoms with Gasteiger partial charge in [-0.15, -0.1) is 5.10 Å². The summed E-state index contributed by atoms with van der Waals surface area (Å²) in [6.07, 6.45) is 3.39. The average molecular weight is 236 g/mol. The van der Waals surface area contributed by atoms with Crippen LogP contribution in [0.4, 0.5) is 0 Å². The van der Waals surface area contributed by atoms with Crippen LogP contribution in [0.2, 0.25) is 0 Å². The molecule has 0 atom stereocenters. The number of carboxylic acids is 1. The van der Waals surface area contributed by atoms with E-state index in [1.165, 1.54) is 18.5 Å². The van der Waals surface area contributed by atoms with Crippen molar-refractivity contribution in [3.05, 3.63) is 24.3 Å². The van der Waals surface area contributed by atoms with Crippen LogP contribution < -0.4 is 0 Å². The van der Waals surface area contributed by atoms with Crippen LogP contribution in [0.15, 0.2) is 18.5 Å². The number of aromatic nitrogens is 6. The number of nitrogens with zero attached hydrogens (tertiary/aromatic N) is 6. The number of hydrogen-bond donors (Lipinski definition) is 1. The zero-order valence-corrected chi connectivity index (χ0v) is 9.48. The number of hydrogen-bond acceptors (Lipinski definition) is 5. The number of aliphatic carboxylic acids is 1. The van der Waals surface area contributed by atoms with Crippen molar-refractivity contribution < 1.29 is 9.90 Å².